The van der Waals surface area contributed by atoms with Crippen LogP contribution in [0.2, 0.25) is 5.02 Å². The molecular formula is C13H9ClN6O2S. The van der Waals surface area contributed by atoms with E-state index in [1.165, 1.54) is 18.1 Å². The fraction of sp³-hybridized carbons (Fsp3) is 0.0769. The Morgan fingerprint density at radius 2 is 2.22 bits per heavy atom. The highest BCUT2D eigenvalue weighted by atomic mass is 35.5. The molecule has 0 bridgehead atoms. The summed E-state index contributed by atoms with van der Waals surface area (Å²) in [6.45, 7) is -0.0165. The van der Waals surface area contributed by atoms with Gasteiger partial charge in [0.1, 0.15) is 17.6 Å². The van der Waals surface area contributed by atoms with E-state index in [-0.39, 0.29) is 12.5 Å². The zero-order valence-corrected chi connectivity index (χ0v) is 13.0. The summed E-state index contributed by atoms with van der Waals surface area (Å²) in [5, 5.41) is 3.80. The molecule has 10 heteroatoms. The van der Waals surface area contributed by atoms with E-state index in [0.717, 1.165) is 0 Å². The molecule has 0 unspecified atom stereocenters. The van der Waals surface area contributed by atoms with Gasteiger partial charge in [0, 0.05) is 11.0 Å². The number of aromatic amines is 1. The summed E-state index contributed by atoms with van der Waals surface area (Å²) < 4.78 is 5.32. The Labute approximate surface area is 138 Å². The number of nitrogen functional groups attached to an aromatic ring is 1. The number of nitrogens with one attached hydrogen (secondary N) is 2. The molecule has 0 fully saturated rings. The number of nitrogens with zero attached hydrogens (tertiary/aromatic N) is 3. The number of hydrogen-bond acceptors (Lipinski definition) is 7. The number of benzene rings is 1. The van der Waals surface area contributed by atoms with E-state index in [1.807, 2.05) is 0 Å². The number of nitrogens with two attached hydrogens (primary N) is 1. The minimum Gasteiger partial charge on any atom is -0.482 e. The Morgan fingerprint density at radius 3 is 3.04 bits per heavy atom. The number of halogens is 1. The van der Waals surface area contributed by atoms with Crippen molar-refractivity contribution in [1.82, 2.24) is 19.9 Å². The van der Waals surface area contributed by atoms with Gasteiger partial charge in [-0.1, -0.05) is 23.4 Å². The van der Waals surface area contributed by atoms with Crippen LogP contribution in [-0.4, -0.2) is 32.4 Å². The first kappa shape index (κ1) is 14.1. The van der Waals surface area contributed by atoms with E-state index < -0.39 is 0 Å². The van der Waals surface area contributed by atoms with Crippen molar-refractivity contribution >= 4 is 51.9 Å². The lowest BCUT2D eigenvalue weighted by atomic mass is 10.2. The van der Waals surface area contributed by atoms with E-state index in [1.54, 1.807) is 12.1 Å². The second kappa shape index (κ2) is 5.28. The van der Waals surface area contributed by atoms with Crippen molar-refractivity contribution in [2.45, 2.75) is 10.1 Å². The molecule has 0 radical (unpaired) electrons. The average molecular weight is 349 g/mol. The van der Waals surface area contributed by atoms with Crippen LogP contribution in [0.5, 0.6) is 5.75 Å². The molecule has 1 amide bonds. The minimum atomic E-state index is -0.206. The second-order valence-electron chi connectivity index (χ2n) is 4.72. The normalized spacial score (nSPS) is 13.5. The van der Waals surface area contributed by atoms with Gasteiger partial charge in [0.15, 0.2) is 23.2 Å². The van der Waals surface area contributed by atoms with Crippen molar-refractivity contribution in [1.29, 1.82) is 0 Å². The predicted molar refractivity (Wildman–Crippen MR) is 85.8 cm³/mol. The monoisotopic (exact) mass is 348 g/mol. The van der Waals surface area contributed by atoms with Gasteiger partial charge in [-0.25, -0.2) is 15.0 Å². The van der Waals surface area contributed by atoms with Gasteiger partial charge in [-0.05, 0) is 6.07 Å². The lowest BCUT2D eigenvalue weighted by molar-refractivity contribution is -0.118. The highest BCUT2D eigenvalue weighted by Crippen LogP contribution is 2.40. The number of anilines is 2. The number of imidazole rings is 1. The first-order valence-electron chi connectivity index (χ1n) is 6.50. The quantitative estimate of drug-likeness (QED) is 0.648. The summed E-state index contributed by atoms with van der Waals surface area (Å²) in [6, 6.07) is 3.40. The van der Waals surface area contributed by atoms with E-state index in [0.29, 0.717) is 43.5 Å². The Kier molecular flexibility index (Phi) is 3.24. The van der Waals surface area contributed by atoms with Crippen molar-refractivity contribution in [2.75, 3.05) is 17.7 Å². The molecule has 0 atom stereocenters. The molecule has 4 rings (SSSR count). The largest absolute Gasteiger partial charge is 0.482 e. The zero-order valence-electron chi connectivity index (χ0n) is 11.5. The summed E-state index contributed by atoms with van der Waals surface area (Å²) >= 11 is 7.56. The highest BCUT2D eigenvalue weighted by Gasteiger charge is 2.19. The van der Waals surface area contributed by atoms with E-state index in [9.17, 15) is 4.79 Å². The van der Waals surface area contributed by atoms with Crippen molar-refractivity contribution in [3.63, 3.8) is 0 Å². The van der Waals surface area contributed by atoms with Crippen LogP contribution in [0.1, 0.15) is 0 Å². The molecule has 1 aromatic carbocycles. The molecule has 0 spiro atoms. The van der Waals surface area contributed by atoms with Crippen LogP contribution < -0.4 is 15.8 Å². The van der Waals surface area contributed by atoms with Crippen molar-refractivity contribution in [3.8, 4) is 5.75 Å². The van der Waals surface area contributed by atoms with Gasteiger partial charge < -0.3 is 20.8 Å². The number of carbonyl (C=O) groups excluding carboxylic acids is 1. The van der Waals surface area contributed by atoms with E-state index >= 15 is 0 Å². The first-order chi connectivity index (χ1) is 11.1. The Balaban J connectivity index is 1.71. The van der Waals surface area contributed by atoms with Gasteiger partial charge in [0.25, 0.3) is 5.91 Å². The standard InChI is InChI=1S/C13H9ClN6O2S/c14-5-1-7-6(18-9(21)3-22-7)2-8(5)23-13-19-10-11(15)16-4-17-12(10)20-13/h1-2,4H,3H2,(H,18,21)(H3,15,16,17,19,20). The van der Waals surface area contributed by atoms with Gasteiger partial charge in [0.05, 0.1) is 10.7 Å². The zero-order chi connectivity index (χ0) is 16.0. The number of amides is 1. The third-order valence-corrected chi connectivity index (χ3v) is 4.54. The summed E-state index contributed by atoms with van der Waals surface area (Å²) in [6.07, 6.45) is 1.35. The van der Waals surface area contributed by atoms with E-state index in [4.69, 9.17) is 22.1 Å². The van der Waals surface area contributed by atoms with Gasteiger partial charge in [-0.3, -0.25) is 4.79 Å². The molecule has 116 valence electrons. The number of fused-ring (bicyclic) bond motifs is 2. The Bertz CT molecular complexity index is 944. The van der Waals surface area contributed by atoms with Gasteiger partial charge >= 0.3 is 0 Å². The molecule has 1 aliphatic heterocycles. The molecule has 8 nitrogen and oxygen atoms in total. The van der Waals surface area contributed by atoms with Crippen LogP contribution in [0.25, 0.3) is 11.2 Å². The maximum atomic E-state index is 11.4. The fourth-order valence-corrected chi connectivity index (χ4v) is 3.23. The van der Waals surface area contributed by atoms with Crippen molar-refractivity contribution < 1.29 is 9.53 Å². The third kappa shape index (κ3) is 2.53. The van der Waals surface area contributed by atoms with Crippen molar-refractivity contribution in [3.05, 3.63) is 23.5 Å². The number of rotatable bonds is 2. The molecule has 3 heterocycles. The summed E-state index contributed by atoms with van der Waals surface area (Å²) in [7, 11) is 0. The molecule has 2 aromatic heterocycles. The molecule has 0 saturated heterocycles. The van der Waals surface area contributed by atoms with Crippen LogP contribution in [0.3, 0.4) is 0 Å². The minimum absolute atomic E-state index is 0.0165. The van der Waals surface area contributed by atoms with Crippen LogP contribution in [0, 0.1) is 0 Å². The maximum absolute atomic E-state index is 11.4. The molecule has 23 heavy (non-hydrogen) atoms. The maximum Gasteiger partial charge on any atom is 0.262 e. The van der Waals surface area contributed by atoms with E-state index in [2.05, 4.69) is 25.3 Å². The second-order valence-corrected chi connectivity index (χ2v) is 6.16. The lowest BCUT2D eigenvalue weighted by Gasteiger charge is -2.19. The van der Waals surface area contributed by atoms with Crippen LogP contribution in [-0.2, 0) is 4.79 Å². The molecule has 0 saturated carbocycles. The van der Waals surface area contributed by atoms with Gasteiger partial charge in [-0.15, -0.1) is 0 Å². The van der Waals surface area contributed by atoms with Gasteiger partial charge in [-0.2, -0.15) is 0 Å². The molecule has 3 aromatic rings. The predicted octanol–water partition coefficient (Wildman–Crippen LogP) is 2.07. The Hall–Kier alpha value is -2.52. The smallest absolute Gasteiger partial charge is 0.262 e. The summed E-state index contributed by atoms with van der Waals surface area (Å²) in [5.41, 5.74) is 7.40. The van der Waals surface area contributed by atoms with Crippen molar-refractivity contribution in [2.24, 2.45) is 0 Å². The summed E-state index contributed by atoms with van der Waals surface area (Å²) in [5.74, 6) is 0.660. The molecular weight excluding hydrogens is 340 g/mol. The number of hydrogen-bond donors (Lipinski definition) is 3. The summed E-state index contributed by atoms with van der Waals surface area (Å²) in [4.78, 5) is 27.5. The van der Waals surface area contributed by atoms with Crippen LogP contribution in [0.15, 0.2) is 28.5 Å². The highest BCUT2D eigenvalue weighted by molar-refractivity contribution is 7.99. The first-order valence-corrected chi connectivity index (χ1v) is 7.70. The van der Waals surface area contributed by atoms with Gasteiger partial charge in [0.2, 0.25) is 0 Å². The number of carbonyl (C=O) groups is 1. The van der Waals surface area contributed by atoms with Crippen LogP contribution in [0.4, 0.5) is 11.5 Å². The third-order valence-electron chi connectivity index (χ3n) is 3.17. The van der Waals surface area contributed by atoms with Crippen LogP contribution >= 0.6 is 23.4 Å². The SMILES string of the molecule is Nc1ncnc2nc(Sc3cc4c(cc3Cl)OCC(=O)N4)[nH]c12. The lowest BCUT2D eigenvalue weighted by Crippen LogP contribution is -2.25. The number of H-pyrrole nitrogens is 1. The topological polar surface area (TPSA) is 119 Å². The molecule has 0 aliphatic carbocycles. The number of aromatic nitrogens is 4. The molecule has 1 aliphatic rings. The number of ether oxygens (including phenoxy) is 1. The average Bonchev–Trinajstić information content (AvgIpc) is 2.92. The Morgan fingerprint density at radius 1 is 1.35 bits per heavy atom. The molecule has 4 N–H and O–H groups in total. The fourth-order valence-electron chi connectivity index (χ4n) is 2.14.